The Bertz CT molecular complexity index is 4260. The zero-order valence-corrected chi connectivity index (χ0v) is 64.4. The molecule has 12 amide bonds. The highest BCUT2D eigenvalue weighted by atomic mass is 35.5. The Morgan fingerprint density at radius 3 is 1.51 bits per heavy atom. The molecule has 6 aromatic rings. The lowest BCUT2D eigenvalue weighted by atomic mass is 9.97. The molecule has 10 atom stereocenters. The second-order valence-electron chi connectivity index (χ2n) is 28.7. The number of carbonyl (C=O) groups is 12. The molecule has 112 heavy (non-hydrogen) atoms. The number of nitrogens with two attached hydrogens (primary N) is 2. The van der Waals surface area contributed by atoms with Crippen LogP contribution < -0.4 is 70.0 Å². The number of aliphatic hydroxyl groups is 1. The van der Waals surface area contributed by atoms with E-state index < -0.39 is 132 Å². The molecule has 31 heteroatoms. The van der Waals surface area contributed by atoms with Gasteiger partial charge in [0.1, 0.15) is 60.4 Å². The highest BCUT2D eigenvalue weighted by molar-refractivity contribution is 6.30. The lowest BCUT2D eigenvalue weighted by Gasteiger charge is -2.31. The topological polar surface area (TPSA) is 449 Å². The van der Waals surface area contributed by atoms with Crippen molar-refractivity contribution in [3.8, 4) is 0 Å². The van der Waals surface area contributed by atoms with E-state index in [2.05, 4.69) is 63.4 Å². The zero-order chi connectivity index (χ0) is 81.0. The van der Waals surface area contributed by atoms with E-state index in [1.165, 1.54) is 25.7 Å². The van der Waals surface area contributed by atoms with Crippen molar-refractivity contribution >= 4 is 105 Å². The van der Waals surface area contributed by atoms with E-state index in [9.17, 15) is 53.1 Å². The molecule has 6 aromatic carbocycles. The quantitative estimate of drug-likeness (QED) is 0.0149. The number of morpholine rings is 1. The molecule has 0 radical (unpaired) electrons. The molecular weight excluding hydrogens is 1460 g/mol. The second-order valence-corrected chi connectivity index (χ2v) is 29.1. The Hall–Kier alpha value is -11.3. The van der Waals surface area contributed by atoms with E-state index in [0.717, 1.165) is 21.9 Å². The van der Waals surface area contributed by atoms with Gasteiger partial charge < -0.3 is 84.7 Å². The SMILES string of the molecule is CC(=O)Nc1ccc(C[C@H](NC(=O)[C@H](CO)NC(=O)[C@@H](Cc2ccccc2)NC(=O)[C@@H](Cc2ccc(Cl)cc2)NC(=O)[C@@H](Cc2cccc3ccccc23)NC(C)=O)C(=O)N[C@H](Cc2ccc(CN3CCOCC3)cc2)C(=O)N[C@@H](CC(C)C)C(=O)N[C@@H](CCCNC(=N)N)C(=O)N2CCC[C@H]2C(=O)N[C@H](C)C(N)=O)cc1. The van der Waals surface area contributed by atoms with Gasteiger partial charge in [0.05, 0.1) is 19.8 Å². The van der Waals surface area contributed by atoms with Gasteiger partial charge in [-0.2, -0.15) is 0 Å². The van der Waals surface area contributed by atoms with Crippen LogP contribution in [0.4, 0.5) is 5.69 Å². The predicted molar refractivity (Wildman–Crippen MR) is 422 cm³/mol. The first-order valence-corrected chi connectivity index (χ1v) is 38.0. The number of amides is 12. The van der Waals surface area contributed by atoms with E-state index in [4.69, 9.17) is 33.2 Å². The smallest absolute Gasteiger partial charge is 0.245 e. The molecule has 0 aliphatic carbocycles. The van der Waals surface area contributed by atoms with Gasteiger partial charge in [-0.1, -0.05) is 147 Å². The number of primary amides is 1. The van der Waals surface area contributed by atoms with Crippen LogP contribution in [0.15, 0.2) is 146 Å². The molecule has 2 heterocycles. The molecule has 2 fully saturated rings. The number of benzene rings is 6. The molecule has 0 spiro atoms. The molecule has 0 saturated carbocycles. The Balaban J connectivity index is 1.08. The summed E-state index contributed by atoms with van der Waals surface area (Å²) in [6, 6.07) is 28.1. The van der Waals surface area contributed by atoms with Gasteiger partial charge in [-0.25, -0.2) is 0 Å². The van der Waals surface area contributed by atoms with Gasteiger partial charge in [0.2, 0.25) is 70.9 Å². The molecule has 0 bridgehead atoms. The van der Waals surface area contributed by atoms with Crippen molar-refractivity contribution in [2.45, 2.75) is 166 Å². The molecule has 598 valence electrons. The van der Waals surface area contributed by atoms with Gasteiger partial charge in [-0.3, -0.25) is 67.8 Å². The molecule has 2 saturated heterocycles. The van der Waals surface area contributed by atoms with Gasteiger partial charge in [0.15, 0.2) is 5.96 Å². The minimum Gasteiger partial charge on any atom is -0.394 e. The number of hydrogen-bond acceptors (Lipinski definition) is 16. The van der Waals surface area contributed by atoms with Crippen LogP contribution in [0.5, 0.6) is 0 Å². The molecule has 2 aliphatic heterocycles. The number of likely N-dealkylation sites (tertiary alicyclic amines) is 1. The molecular formula is C81H103ClN16O14. The van der Waals surface area contributed by atoms with Crippen molar-refractivity contribution < 1.29 is 67.4 Å². The van der Waals surface area contributed by atoms with Crippen LogP contribution in [0.2, 0.25) is 5.02 Å². The van der Waals surface area contributed by atoms with E-state index in [1.54, 1.807) is 91.0 Å². The summed E-state index contributed by atoms with van der Waals surface area (Å²) in [5, 5.41) is 51.0. The van der Waals surface area contributed by atoms with Crippen molar-refractivity contribution in [1.82, 2.24) is 63.0 Å². The number of hydrogen-bond donors (Lipinski definition) is 15. The third kappa shape index (κ3) is 27.0. The first-order valence-electron chi connectivity index (χ1n) is 37.6. The summed E-state index contributed by atoms with van der Waals surface area (Å²) >= 11 is 6.28. The number of ether oxygens (including phenoxy) is 1. The lowest BCUT2D eigenvalue weighted by molar-refractivity contribution is -0.142. The van der Waals surface area contributed by atoms with Crippen LogP contribution >= 0.6 is 11.6 Å². The maximum absolute atomic E-state index is 15.4. The average molecular weight is 1560 g/mol. The van der Waals surface area contributed by atoms with Gasteiger partial charge in [0, 0.05) is 89.4 Å². The van der Waals surface area contributed by atoms with Gasteiger partial charge in [-0.05, 0) is 113 Å². The van der Waals surface area contributed by atoms with E-state index in [1.807, 2.05) is 68.4 Å². The van der Waals surface area contributed by atoms with Crippen LogP contribution in [0.25, 0.3) is 10.8 Å². The summed E-state index contributed by atoms with van der Waals surface area (Å²) in [5.74, 6) is -9.76. The number of nitrogens with one attached hydrogen (secondary N) is 12. The highest BCUT2D eigenvalue weighted by Gasteiger charge is 2.41. The molecule has 30 nitrogen and oxygen atoms in total. The monoisotopic (exact) mass is 1560 g/mol. The number of fused-ring (bicyclic) bond motifs is 1. The molecule has 8 rings (SSSR count). The summed E-state index contributed by atoms with van der Waals surface area (Å²) in [6.07, 6.45) is 0.0693. The minimum atomic E-state index is -1.83. The molecule has 0 aromatic heterocycles. The van der Waals surface area contributed by atoms with E-state index in [0.29, 0.717) is 72.2 Å². The summed E-state index contributed by atoms with van der Waals surface area (Å²) in [7, 11) is 0. The fourth-order valence-corrected chi connectivity index (χ4v) is 13.5. The van der Waals surface area contributed by atoms with Crippen molar-refractivity contribution in [2.75, 3.05) is 51.3 Å². The Morgan fingerprint density at radius 1 is 0.518 bits per heavy atom. The molecule has 0 unspecified atom stereocenters. The van der Waals surface area contributed by atoms with Gasteiger partial charge >= 0.3 is 0 Å². The first-order chi connectivity index (χ1) is 53.6. The third-order valence-corrected chi connectivity index (χ3v) is 19.5. The molecule has 17 N–H and O–H groups in total. The standard InChI is InChI=1S/C81H103ClN16O14/c1-48(2)40-63(72(103)90-62(20-12-34-86-81(84)85)80(111)98-35-13-21-70(98)79(110)87-49(3)71(83)102)91-73(104)65(42-53-22-24-56(25-23-53)46-97-36-38-112-39-37-97)93-75(106)67(44-55-28-32-60(33-29-55)88-50(4)100)95-78(109)69(47-99)96-76(107)64(41-52-14-7-6-8-15-52)92-74(105)66(43-54-26-30-59(82)31-27-54)94-77(108)68(89-51(5)101)45-58-18-11-17-57-16-9-10-19-61(57)58/h6-11,14-19,22-33,48-49,62-70,99H,12-13,20-21,34-47H2,1-5H3,(H2,83,102)(H,87,110)(H,88,100)(H,89,101)(H,90,103)(H,91,104)(H,92,105)(H,93,106)(H,94,108)(H,95,109)(H,96,107)(H4,84,85,86)/t49-,62+,63+,64-,65-,66-,67+,68-,69+,70+/m1/s1. The van der Waals surface area contributed by atoms with Gasteiger partial charge in [0.25, 0.3) is 0 Å². The maximum Gasteiger partial charge on any atom is 0.245 e. The zero-order valence-electron chi connectivity index (χ0n) is 63.6. The molecule has 2 aliphatic rings. The number of aliphatic hydroxyl groups excluding tert-OH is 1. The normalized spacial score (nSPS) is 15.9. The summed E-state index contributed by atoms with van der Waals surface area (Å²) in [6.45, 7) is 9.97. The average Bonchev–Trinajstić information content (AvgIpc) is 1.11. The number of carbonyl (C=O) groups excluding carboxylic acids is 12. The first kappa shape index (κ1) is 86.3. The fraction of sp³-hybridized carbons (Fsp3) is 0.420. The van der Waals surface area contributed by atoms with Crippen LogP contribution in [-0.4, -0.2) is 198 Å². The van der Waals surface area contributed by atoms with E-state index >= 15 is 9.59 Å². The summed E-state index contributed by atoms with van der Waals surface area (Å²) < 4.78 is 5.55. The third-order valence-electron chi connectivity index (χ3n) is 19.2. The summed E-state index contributed by atoms with van der Waals surface area (Å²) in [5.41, 5.74) is 15.2. The Morgan fingerprint density at radius 2 is 0.982 bits per heavy atom. The lowest BCUT2D eigenvalue weighted by Crippen LogP contribution is -2.62. The minimum absolute atomic E-state index is 0.00638. The number of rotatable bonds is 39. The van der Waals surface area contributed by atoms with Crippen LogP contribution in [0, 0.1) is 11.3 Å². The number of anilines is 1. The highest BCUT2D eigenvalue weighted by Crippen LogP contribution is 2.24. The summed E-state index contributed by atoms with van der Waals surface area (Å²) in [4.78, 5) is 174. The van der Waals surface area contributed by atoms with Crippen molar-refractivity contribution in [2.24, 2.45) is 17.4 Å². The number of guanidine groups is 1. The Kier molecular flexibility index (Phi) is 32.9. The van der Waals surface area contributed by atoms with Crippen molar-refractivity contribution in [3.63, 3.8) is 0 Å². The maximum atomic E-state index is 15.4. The van der Waals surface area contributed by atoms with Crippen molar-refractivity contribution in [3.05, 3.63) is 184 Å². The predicted octanol–water partition coefficient (Wildman–Crippen LogP) is 1.98. The van der Waals surface area contributed by atoms with Crippen LogP contribution in [-0.2, 0) is 101 Å². The van der Waals surface area contributed by atoms with Crippen LogP contribution in [0.3, 0.4) is 0 Å². The Labute approximate surface area is 656 Å². The van der Waals surface area contributed by atoms with E-state index in [-0.39, 0.29) is 88.7 Å². The van der Waals surface area contributed by atoms with Crippen LogP contribution in [0.1, 0.15) is 100 Å². The van der Waals surface area contributed by atoms with Gasteiger partial charge in [-0.15, -0.1) is 0 Å². The fourth-order valence-electron chi connectivity index (χ4n) is 13.4. The number of halogens is 1. The van der Waals surface area contributed by atoms with Crippen molar-refractivity contribution in [1.29, 1.82) is 5.41 Å². The second kappa shape index (κ2) is 42.7. The number of nitrogens with zero attached hydrogens (tertiary/aromatic N) is 2. The largest absolute Gasteiger partial charge is 0.394 e.